The van der Waals surface area contributed by atoms with Gasteiger partial charge >= 0.3 is 0 Å². The first-order chi connectivity index (χ1) is 10.6. The minimum absolute atomic E-state index is 0. The molecule has 0 aromatic heterocycles. The largest absolute Gasteiger partial charge is 0.494 e. The standard InChI is InChI=1S/C17H26N2O3.ClH/c1-3-10-21-14-6-4-13(5-7-14)12(2)19-17(20)16-9-8-15(11-18)22-16;/h4-7,12,15-16H,3,8-11,18H2,1-2H3,(H,19,20);1H/t12?,15-,16+;/m1./s1. The van der Waals surface area contributed by atoms with E-state index < -0.39 is 0 Å². The number of carbonyl (C=O) groups excluding carboxylic acids is 1. The minimum atomic E-state index is -0.372. The average molecular weight is 343 g/mol. The molecule has 1 aliphatic rings. The van der Waals surface area contributed by atoms with E-state index in [0.29, 0.717) is 13.2 Å². The molecule has 5 nitrogen and oxygen atoms in total. The van der Waals surface area contributed by atoms with E-state index >= 15 is 0 Å². The van der Waals surface area contributed by atoms with Crippen LogP contribution < -0.4 is 15.8 Å². The maximum absolute atomic E-state index is 12.2. The molecule has 6 heteroatoms. The average Bonchev–Trinajstić information content (AvgIpc) is 3.02. The van der Waals surface area contributed by atoms with Crippen molar-refractivity contribution in [2.24, 2.45) is 5.73 Å². The van der Waals surface area contributed by atoms with Crippen molar-refractivity contribution in [1.29, 1.82) is 0 Å². The van der Waals surface area contributed by atoms with Crippen LogP contribution in [0.5, 0.6) is 5.75 Å². The van der Waals surface area contributed by atoms with Crippen LogP contribution in [0.3, 0.4) is 0 Å². The summed E-state index contributed by atoms with van der Waals surface area (Å²) in [6, 6.07) is 7.77. The quantitative estimate of drug-likeness (QED) is 0.798. The molecule has 1 unspecified atom stereocenters. The van der Waals surface area contributed by atoms with E-state index in [1.807, 2.05) is 31.2 Å². The van der Waals surface area contributed by atoms with Gasteiger partial charge in [0.2, 0.25) is 5.91 Å². The summed E-state index contributed by atoms with van der Waals surface area (Å²) in [5.41, 5.74) is 6.62. The van der Waals surface area contributed by atoms with Crippen molar-refractivity contribution in [3.63, 3.8) is 0 Å². The molecule has 1 aliphatic heterocycles. The fraction of sp³-hybridized carbons (Fsp3) is 0.588. The number of nitrogens with two attached hydrogens (primary N) is 1. The highest BCUT2D eigenvalue weighted by Crippen LogP contribution is 2.21. The van der Waals surface area contributed by atoms with Crippen molar-refractivity contribution in [3.05, 3.63) is 29.8 Å². The van der Waals surface area contributed by atoms with Gasteiger partial charge in [-0.2, -0.15) is 0 Å². The Morgan fingerprint density at radius 1 is 1.39 bits per heavy atom. The van der Waals surface area contributed by atoms with Gasteiger partial charge in [0.15, 0.2) is 0 Å². The number of carbonyl (C=O) groups is 1. The van der Waals surface area contributed by atoms with Crippen LogP contribution in [-0.4, -0.2) is 31.3 Å². The second-order valence-corrected chi connectivity index (χ2v) is 5.71. The second kappa shape index (κ2) is 9.75. The predicted octanol–water partition coefficient (Wildman–Crippen LogP) is 2.58. The van der Waals surface area contributed by atoms with Gasteiger partial charge in [-0.3, -0.25) is 4.79 Å². The van der Waals surface area contributed by atoms with Gasteiger partial charge in [0.1, 0.15) is 11.9 Å². The molecule has 1 aromatic rings. The Labute approximate surface area is 144 Å². The highest BCUT2D eigenvalue weighted by Gasteiger charge is 2.30. The zero-order chi connectivity index (χ0) is 15.9. The number of hydrogen-bond acceptors (Lipinski definition) is 4. The molecule has 0 saturated carbocycles. The summed E-state index contributed by atoms with van der Waals surface area (Å²) in [5.74, 6) is 0.795. The lowest BCUT2D eigenvalue weighted by atomic mass is 10.1. The molecule has 0 aliphatic carbocycles. The summed E-state index contributed by atoms with van der Waals surface area (Å²) < 4.78 is 11.2. The Balaban J connectivity index is 0.00000264. The van der Waals surface area contributed by atoms with Gasteiger partial charge in [0, 0.05) is 6.54 Å². The second-order valence-electron chi connectivity index (χ2n) is 5.71. The van der Waals surface area contributed by atoms with E-state index in [-0.39, 0.29) is 36.6 Å². The topological polar surface area (TPSA) is 73.6 Å². The van der Waals surface area contributed by atoms with Crippen LogP contribution in [0.2, 0.25) is 0 Å². The zero-order valence-corrected chi connectivity index (χ0v) is 14.6. The maximum atomic E-state index is 12.2. The highest BCUT2D eigenvalue weighted by molar-refractivity contribution is 5.85. The van der Waals surface area contributed by atoms with Crippen LogP contribution in [0.25, 0.3) is 0 Å². The number of benzene rings is 1. The lowest BCUT2D eigenvalue weighted by Crippen LogP contribution is -2.36. The van der Waals surface area contributed by atoms with Gasteiger partial charge in [0.25, 0.3) is 0 Å². The summed E-state index contributed by atoms with van der Waals surface area (Å²) in [7, 11) is 0. The summed E-state index contributed by atoms with van der Waals surface area (Å²) in [5, 5.41) is 3.00. The third-order valence-electron chi connectivity index (χ3n) is 3.87. The minimum Gasteiger partial charge on any atom is -0.494 e. The van der Waals surface area contributed by atoms with Crippen LogP contribution in [0.15, 0.2) is 24.3 Å². The Morgan fingerprint density at radius 2 is 2.09 bits per heavy atom. The van der Waals surface area contributed by atoms with Crippen molar-refractivity contribution in [3.8, 4) is 5.75 Å². The molecule has 3 atom stereocenters. The zero-order valence-electron chi connectivity index (χ0n) is 13.8. The SMILES string of the molecule is CCCOc1ccc(C(C)NC(=O)[C@@H]2CC[C@H](CN)O2)cc1.Cl. The third-order valence-corrected chi connectivity index (χ3v) is 3.87. The Bertz CT molecular complexity index is 481. The summed E-state index contributed by atoms with van der Waals surface area (Å²) in [6.07, 6.45) is 2.22. The smallest absolute Gasteiger partial charge is 0.249 e. The first-order valence-corrected chi connectivity index (χ1v) is 8.02. The van der Waals surface area contributed by atoms with Crippen molar-refractivity contribution in [1.82, 2.24) is 5.32 Å². The molecule has 0 spiro atoms. The first kappa shape index (κ1) is 19.7. The van der Waals surface area contributed by atoms with E-state index in [0.717, 1.165) is 30.6 Å². The summed E-state index contributed by atoms with van der Waals surface area (Å²) in [6.45, 7) is 5.23. The fourth-order valence-electron chi connectivity index (χ4n) is 2.53. The molecule has 3 N–H and O–H groups in total. The fourth-order valence-corrected chi connectivity index (χ4v) is 2.53. The monoisotopic (exact) mass is 342 g/mol. The molecule has 1 saturated heterocycles. The van der Waals surface area contributed by atoms with Crippen molar-refractivity contribution in [2.45, 2.75) is 51.4 Å². The van der Waals surface area contributed by atoms with Gasteiger partial charge in [-0.15, -0.1) is 12.4 Å². The molecule has 130 valence electrons. The summed E-state index contributed by atoms with van der Waals surface area (Å²) >= 11 is 0. The Morgan fingerprint density at radius 3 is 2.65 bits per heavy atom. The van der Waals surface area contributed by atoms with Crippen LogP contribution >= 0.6 is 12.4 Å². The number of ether oxygens (including phenoxy) is 2. The van der Waals surface area contributed by atoms with E-state index in [1.165, 1.54) is 0 Å². The predicted molar refractivity (Wildman–Crippen MR) is 93.0 cm³/mol. The first-order valence-electron chi connectivity index (χ1n) is 8.02. The molecule has 1 heterocycles. The van der Waals surface area contributed by atoms with Crippen LogP contribution in [0.1, 0.15) is 44.7 Å². The number of halogens is 1. The van der Waals surface area contributed by atoms with Crippen LogP contribution in [0.4, 0.5) is 0 Å². The number of rotatable bonds is 7. The molecule has 2 rings (SSSR count). The van der Waals surface area contributed by atoms with E-state index in [4.69, 9.17) is 15.2 Å². The summed E-state index contributed by atoms with van der Waals surface area (Å²) in [4.78, 5) is 12.2. The van der Waals surface area contributed by atoms with Crippen LogP contribution in [0, 0.1) is 0 Å². The van der Waals surface area contributed by atoms with Crippen LogP contribution in [-0.2, 0) is 9.53 Å². The normalized spacial score (nSPS) is 21.3. The third kappa shape index (κ3) is 5.68. The van der Waals surface area contributed by atoms with E-state index in [1.54, 1.807) is 0 Å². The number of hydrogen-bond donors (Lipinski definition) is 2. The Hall–Kier alpha value is -1.30. The van der Waals surface area contributed by atoms with E-state index in [2.05, 4.69) is 12.2 Å². The van der Waals surface area contributed by atoms with Crippen molar-refractivity contribution in [2.75, 3.05) is 13.2 Å². The lowest BCUT2D eigenvalue weighted by molar-refractivity contribution is -0.132. The van der Waals surface area contributed by atoms with Gasteiger partial charge < -0.3 is 20.5 Å². The van der Waals surface area contributed by atoms with Crippen molar-refractivity contribution < 1.29 is 14.3 Å². The molecule has 0 radical (unpaired) electrons. The molecule has 1 aromatic carbocycles. The van der Waals surface area contributed by atoms with Gasteiger partial charge in [-0.05, 0) is 43.9 Å². The van der Waals surface area contributed by atoms with Gasteiger partial charge in [-0.25, -0.2) is 0 Å². The molecule has 1 amide bonds. The van der Waals surface area contributed by atoms with Gasteiger partial charge in [-0.1, -0.05) is 19.1 Å². The molecular weight excluding hydrogens is 316 g/mol. The number of amides is 1. The molecule has 1 fully saturated rings. The van der Waals surface area contributed by atoms with Gasteiger partial charge in [0.05, 0.1) is 18.8 Å². The lowest BCUT2D eigenvalue weighted by Gasteiger charge is -2.18. The van der Waals surface area contributed by atoms with Crippen molar-refractivity contribution >= 4 is 18.3 Å². The highest BCUT2D eigenvalue weighted by atomic mass is 35.5. The molecule has 0 bridgehead atoms. The van der Waals surface area contributed by atoms with E-state index in [9.17, 15) is 4.79 Å². The Kier molecular flexibility index (Phi) is 8.37. The molecular formula is C17H27ClN2O3. The molecule has 23 heavy (non-hydrogen) atoms. The number of nitrogens with one attached hydrogen (secondary N) is 1. The maximum Gasteiger partial charge on any atom is 0.249 e.